The Labute approximate surface area is 128 Å². The van der Waals surface area contributed by atoms with Crippen LogP contribution in [0.5, 0.6) is 0 Å². The van der Waals surface area contributed by atoms with Crippen molar-refractivity contribution >= 4 is 34.9 Å². The summed E-state index contributed by atoms with van der Waals surface area (Å²) in [5.41, 5.74) is 5.95. The van der Waals surface area contributed by atoms with Crippen LogP contribution in [0.2, 0.25) is 0 Å². The zero-order chi connectivity index (χ0) is 13.7. The maximum absolute atomic E-state index is 5.95. The van der Waals surface area contributed by atoms with Crippen LogP contribution < -0.4 is 5.73 Å². The van der Waals surface area contributed by atoms with E-state index in [-0.39, 0.29) is 0 Å². The lowest BCUT2D eigenvalue weighted by molar-refractivity contribution is 0.276. The summed E-state index contributed by atoms with van der Waals surface area (Å²) in [6.45, 7) is 3.09. The molecule has 3 unspecified atom stereocenters. The molecular formula is C13H23N3S3. The van der Waals surface area contributed by atoms with Crippen molar-refractivity contribution in [2.24, 2.45) is 17.6 Å². The first-order chi connectivity index (χ1) is 9.26. The molecule has 19 heavy (non-hydrogen) atoms. The molecule has 1 saturated carbocycles. The predicted molar refractivity (Wildman–Crippen MR) is 86.1 cm³/mol. The van der Waals surface area contributed by atoms with Crippen molar-refractivity contribution in [1.82, 2.24) is 10.2 Å². The Morgan fingerprint density at radius 3 is 2.74 bits per heavy atom. The van der Waals surface area contributed by atoms with E-state index in [1.54, 1.807) is 23.1 Å². The van der Waals surface area contributed by atoms with Gasteiger partial charge in [0.25, 0.3) is 0 Å². The molecule has 0 aromatic carbocycles. The molecule has 108 valence electrons. The number of thioether (sulfide) groups is 2. The van der Waals surface area contributed by atoms with Gasteiger partial charge in [-0.05, 0) is 37.5 Å². The second-order valence-electron chi connectivity index (χ2n) is 5.16. The highest BCUT2D eigenvalue weighted by Crippen LogP contribution is 2.42. The molecule has 0 radical (unpaired) electrons. The lowest BCUT2D eigenvalue weighted by Gasteiger charge is -2.34. The standard InChI is InChI=1S/C13H23N3S3/c1-3-4-9-5-6-10(8-14)11(7-9)18-13-16-15-12(17-2)19-13/h9-11H,3-8,14H2,1-2H3. The quantitative estimate of drug-likeness (QED) is 0.807. The van der Waals surface area contributed by atoms with Crippen LogP contribution in [0.4, 0.5) is 0 Å². The highest BCUT2D eigenvalue weighted by Gasteiger charge is 2.30. The van der Waals surface area contributed by atoms with Gasteiger partial charge in [0, 0.05) is 5.25 Å². The summed E-state index contributed by atoms with van der Waals surface area (Å²) in [5.74, 6) is 1.54. The van der Waals surface area contributed by atoms with Crippen LogP contribution >= 0.6 is 34.9 Å². The van der Waals surface area contributed by atoms with Crippen LogP contribution in [0.1, 0.15) is 39.0 Å². The van der Waals surface area contributed by atoms with Gasteiger partial charge in [0.05, 0.1) is 0 Å². The summed E-state index contributed by atoms with van der Waals surface area (Å²) in [4.78, 5) is 0. The zero-order valence-electron chi connectivity index (χ0n) is 11.7. The van der Waals surface area contributed by atoms with Gasteiger partial charge in [-0.25, -0.2) is 0 Å². The lowest BCUT2D eigenvalue weighted by atomic mass is 9.80. The minimum atomic E-state index is 0.637. The van der Waals surface area contributed by atoms with Gasteiger partial charge in [-0.1, -0.05) is 61.0 Å². The Balaban J connectivity index is 1.97. The molecule has 1 aliphatic rings. The van der Waals surface area contributed by atoms with Gasteiger partial charge < -0.3 is 5.73 Å². The molecule has 0 saturated heterocycles. The number of aromatic nitrogens is 2. The van der Waals surface area contributed by atoms with E-state index >= 15 is 0 Å². The molecule has 2 rings (SSSR count). The summed E-state index contributed by atoms with van der Waals surface area (Å²) < 4.78 is 2.18. The smallest absolute Gasteiger partial charge is 0.175 e. The van der Waals surface area contributed by atoms with E-state index in [9.17, 15) is 0 Å². The average molecular weight is 318 g/mol. The topological polar surface area (TPSA) is 51.8 Å². The highest BCUT2D eigenvalue weighted by atomic mass is 32.2. The van der Waals surface area contributed by atoms with Gasteiger partial charge in [0.1, 0.15) is 0 Å². The second kappa shape index (κ2) is 7.86. The maximum atomic E-state index is 5.95. The fourth-order valence-electron chi connectivity index (χ4n) is 2.82. The van der Waals surface area contributed by atoms with Crippen molar-refractivity contribution in [2.75, 3.05) is 12.8 Å². The van der Waals surface area contributed by atoms with Crippen molar-refractivity contribution in [1.29, 1.82) is 0 Å². The Morgan fingerprint density at radius 2 is 2.11 bits per heavy atom. The van der Waals surface area contributed by atoms with E-state index < -0.39 is 0 Å². The van der Waals surface area contributed by atoms with E-state index in [0.717, 1.165) is 21.1 Å². The van der Waals surface area contributed by atoms with E-state index in [1.165, 1.54) is 32.1 Å². The fraction of sp³-hybridized carbons (Fsp3) is 0.846. The van der Waals surface area contributed by atoms with Gasteiger partial charge in [-0.2, -0.15) is 0 Å². The first-order valence-corrected chi connectivity index (χ1v) is 9.93. The van der Waals surface area contributed by atoms with E-state index in [0.29, 0.717) is 11.2 Å². The summed E-state index contributed by atoms with van der Waals surface area (Å²) >= 11 is 5.30. The van der Waals surface area contributed by atoms with Gasteiger partial charge in [-0.3, -0.25) is 0 Å². The summed E-state index contributed by atoms with van der Waals surface area (Å²) in [6, 6.07) is 0. The van der Waals surface area contributed by atoms with Crippen LogP contribution in [0.15, 0.2) is 8.68 Å². The summed E-state index contributed by atoms with van der Waals surface area (Å²) in [5, 5.41) is 9.11. The molecule has 1 heterocycles. The van der Waals surface area contributed by atoms with Crippen LogP contribution in [-0.4, -0.2) is 28.2 Å². The molecule has 2 N–H and O–H groups in total. The van der Waals surface area contributed by atoms with Crippen LogP contribution in [0.3, 0.4) is 0 Å². The molecule has 1 aromatic rings. The van der Waals surface area contributed by atoms with Crippen LogP contribution in [0, 0.1) is 11.8 Å². The number of rotatable bonds is 6. The van der Waals surface area contributed by atoms with Gasteiger partial charge >= 0.3 is 0 Å². The molecule has 3 atom stereocenters. The Morgan fingerprint density at radius 1 is 1.32 bits per heavy atom. The third-order valence-corrected chi connectivity index (χ3v) is 7.25. The molecule has 0 spiro atoms. The van der Waals surface area contributed by atoms with Gasteiger partial charge in [0.15, 0.2) is 8.68 Å². The van der Waals surface area contributed by atoms with Crippen molar-refractivity contribution in [2.45, 2.75) is 53.0 Å². The number of hydrogen-bond acceptors (Lipinski definition) is 6. The molecule has 0 bridgehead atoms. The van der Waals surface area contributed by atoms with E-state index in [1.807, 2.05) is 11.8 Å². The summed E-state index contributed by atoms with van der Waals surface area (Å²) in [7, 11) is 0. The van der Waals surface area contributed by atoms with Gasteiger partial charge in [0.2, 0.25) is 0 Å². The highest BCUT2D eigenvalue weighted by molar-refractivity contribution is 8.03. The Kier molecular flexibility index (Phi) is 6.45. The number of hydrogen-bond donors (Lipinski definition) is 1. The number of nitrogens with two attached hydrogens (primary N) is 1. The normalized spacial score (nSPS) is 27.6. The van der Waals surface area contributed by atoms with Crippen molar-refractivity contribution in [3.05, 3.63) is 0 Å². The molecule has 0 aliphatic heterocycles. The second-order valence-corrected chi connectivity index (χ2v) is 8.68. The molecule has 1 fully saturated rings. The molecule has 1 aromatic heterocycles. The maximum Gasteiger partial charge on any atom is 0.175 e. The Hall–Kier alpha value is 0.220. The largest absolute Gasteiger partial charge is 0.330 e. The minimum absolute atomic E-state index is 0.637. The van der Waals surface area contributed by atoms with Crippen molar-refractivity contribution < 1.29 is 0 Å². The van der Waals surface area contributed by atoms with Crippen molar-refractivity contribution in [3.63, 3.8) is 0 Å². The van der Waals surface area contributed by atoms with Crippen molar-refractivity contribution in [3.8, 4) is 0 Å². The summed E-state index contributed by atoms with van der Waals surface area (Å²) in [6.07, 6.45) is 8.65. The average Bonchev–Trinajstić information content (AvgIpc) is 2.87. The molecular weight excluding hydrogens is 294 g/mol. The first-order valence-electron chi connectivity index (χ1n) is 7.01. The molecule has 0 amide bonds. The zero-order valence-corrected chi connectivity index (χ0v) is 14.1. The van der Waals surface area contributed by atoms with E-state index in [4.69, 9.17) is 5.73 Å². The Bertz CT molecular complexity index is 383. The third-order valence-electron chi connectivity index (χ3n) is 3.85. The number of nitrogens with zero attached hydrogens (tertiary/aromatic N) is 2. The molecule has 1 aliphatic carbocycles. The molecule has 3 nitrogen and oxygen atoms in total. The molecule has 6 heteroatoms. The predicted octanol–water partition coefficient (Wildman–Crippen LogP) is 3.90. The van der Waals surface area contributed by atoms with Crippen LogP contribution in [-0.2, 0) is 0 Å². The lowest BCUT2D eigenvalue weighted by Crippen LogP contribution is -2.32. The SMILES string of the molecule is CCCC1CCC(CN)C(Sc2nnc(SC)s2)C1. The van der Waals surface area contributed by atoms with Gasteiger partial charge in [-0.15, -0.1) is 10.2 Å². The first kappa shape index (κ1) is 15.6. The monoisotopic (exact) mass is 317 g/mol. The van der Waals surface area contributed by atoms with Crippen LogP contribution in [0.25, 0.3) is 0 Å². The fourth-order valence-corrected chi connectivity index (χ4v) is 5.93. The van der Waals surface area contributed by atoms with E-state index in [2.05, 4.69) is 23.4 Å². The third kappa shape index (κ3) is 4.34. The minimum Gasteiger partial charge on any atom is -0.330 e.